The van der Waals surface area contributed by atoms with E-state index in [0.29, 0.717) is 0 Å². The average Bonchev–Trinajstić information content (AvgIpc) is 2.51. The summed E-state index contributed by atoms with van der Waals surface area (Å²) in [5.41, 5.74) is 2.50. The summed E-state index contributed by atoms with van der Waals surface area (Å²) in [4.78, 5) is 0. The van der Waals surface area contributed by atoms with Gasteiger partial charge in [-0.05, 0) is 17.5 Å². The summed E-state index contributed by atoms with van der Waals surface area (Å²) in [5, 5.41) is 14.1. The molecule has 1 heterocycles. The predicted molar refractivity (Wildman–Crippen MR) is 81.3 cm³/mol. The normalized spacial score (nSPS) is 30.1. The Morgan fingerprint density at radius 2 is 1.45 bits per heavy atom. The summed E-state index contributed by atoms with van der Waals surface area (Å²) < 4.78 is 0. The summed E-state index contributed by atoms with van der Waals surface area (Å²) in [7, 11) is 0. The van der Waals surface area contributed by atoms with Crippen molar-refractivity contribution in [2.75, 3.05) is 0 Å². The van der Waals surface area contributed by atoms with Gasteiger partial charge in [-0.1, -0.05) is 67.6 Å². The maximum absolute atomic E-state index is 10.4. The van der Waals surface area contributed by atoms with Gasteiger partial charge >= 0.3 is 0 Å². The molecule has 0 bridgehead atoms. The molecule has 2 heteroatoms. The van der Waals surface area contributed by atoms with Crippen LogP contribution in [0.1, 0.15) is 36.6 Å². The number of hydrogen-bond acceptors (Lipinski definition) is 2. The second-order valence-electron chi connectivity index (χ2n) is 5.68. The summed E-state index contributed by atoms with van der Waals surface area (Å²) in [6.45, 7) is 2.12. The number of aliphatic hydroxyl groups is 1. The van der Waals surface area contributed by atoms with Crippen LogP contribution in [0.4, 0.5) is 0 Å². The van der Waals surface area contributed by atoms with Crippen molar-refractivity contribution in [1.82, 2.24) is 5.32 Å². The zero-order valence-corrected chi connectivity index (χ0v) is 11.7. The summed E-state index contributed by atoms with van der Waals surface area (Å²) in [6.07, 6.45) is 0.501. The molecule has 0 saturated carbocycles. The molecular formula is C18H21NO. The molecule has 1 saturated heterocycles. The lowest BCUT2D eigenvalue weighted by molar-refractivity contribution is 0.0402. The number of aliphatic hydroxyl groups excluding tert-OH is 1. The first-order valence-electron chi connectivity index (χ1n) is 7.29. The maximum atomic E-state index is 10.4. The highest BCUT2D eigenvalue weighted by molar-refractivity contribution is 5.25. The lowest BCUT2D eigenvalue weighted by atomic mass is 9.81. The van der Waals surface area contributed by atoms with E-state index in [9.17, 15) is 5.11 Å². The second-order valence-corrected chi connectivity index (χ2v) is 5.68. The molecule has 0 amide bonds. The Balaban J connectivity index is 1.87. The van der Waals surface area contributed by atoms with Crippen molar-refractivity contribution in [3.63, 3.8) is 0 Å². The van der Waals surface area contributed by atoms with Gasteiger partial charge in [0, 0.05) is 18.0 Å². The molecule has 2 N–H and O–H groups in total. The standard InChI is InChI=1S/C18H21NO/c1-13-17(20)12-16(14-8-4-2-5-9-14)19-18(13)15-10-6-3-7-11-15/h2-11,13,16-20H,12H2,1H3/t13-,16+,17-,18-/m1/s1. The molecule has 0 aliphatic carbocycles. The molecule has 0 spiro atoms. The largest absolute Gasteiger partial charge is 0.393 e. The molecular weight excluding hydrogens is 246 g/mol. The number of hydrogen-bond donors (Lipinski definition) is 2. The van der Waals surface area contributed by atoms with Crippen LogP contribution in [0.25, 0.3) is 0 Å². The van der Waals surface area contributed by atoms with E-state index < -0.39 is 0 Å². The van der Waals surface area contributed by atoms with Crippen molar-refractivity contribution in [2.45, 2.75) is 31.5 Å². The van der Waals surface area contributed by atoms with Gasteiger partial charge in [0.2, 0.25) is 0 Å². The fourth-order valence-electron chi connectivity index (χ4n) is 3.09. The fourth-order valence-corrected chi connectivity index (χ4v) is 3.09. The molecule has 2 aromatic rings. The van der Waals surface area contributed by atoms with Crippen LogP contribution in [0.2, 0.25) is 0 Å². The molecule has 104 valence electrons. The smallest absolute Gasteiger partial charge is 0.0602 e. The van der Waals surface area contributed by atoms with Crippen LogP contribution in [0.5, 0.6) is 0 Å². The van der Waals surface area contributed by atoms with Gasteiger partial charge in [0.05, 0.1) is 6.10 Å². The monoisotopic (exact) mass is 267 g/mol. The predicted octanol–water partition coefficient (Wildman–Crippen LogP) is 3.46. The second kappa shape index (κ2) is 5.78. The van der Waals surface area contributed by atoms with Gasteiger partial charge in [0.25, 0.3) is 0 Å². The van der Waals surface area contributed by atoms with Crippen LogP contribution < -0.4 is 5.32 Å². The van der Waals surface area contributed by atoms with E-state index in [2.05, 4.69) is 60.8 Å². The quantitative estimate of drug-likeness (QED) is 0.873. The van der Waals surface area contributed by atoms with Crippen molar-refractivity contribution < 1.29 is 5.11 Å². The van der Waals surface area contributed by atoms with Gasteiger partial charge in [0.15, 0.2) is 0 Å². The molecule has 0 radical (unpaired) electrons. The highest BCUT2D eigenvalue weighted by Gasteiger charge is 2.34. The van der Waals surface area contributed by atoms with Gasteiger partial charge in [-0.2, -0.15) is 0 Å². The van der Waals surface area contributed by atoms with Crippen LogP contribution >= 0.6 is 0 Å². The minimum atomic E-state index is -0.272. The van der Waals surface area contributed by atoms with Crippen molar-refractivity contribution in [2.24, 2.45) is 5.92 Å². The Morgan fingerprint density at radius 1 is 0.900 bits per heavy atom. The van der Waals surface area contributed by atoms with Gasteiger partial charge in [-0.3, -0.25) is 0 Å². The zero-order valence-electron chi connectivity index (χ0n) is 11.7. The van der Waals surface area contributed by atoms with Gasteiger partial charge < -0.3 is 10.4 Å². The van der Waals surface area contributed by atoms with Crippen molar-refractivity contribution >= 4 is 0 Å². The molecule has 3 rings (SSSR count). The van der Waals surface area contributed by atoms with E-state index in [1.54, 1.807) is 0 Å². The van der Waals surface area contributed by atoms with Gasteiger partial charge in [-0.15, -0.1) is 0 Å². The Labute approximate surface area is 120 Å². The highest BCUT2D eigenvalue weighted by Crippen LogP contribution is 2.36. The fraction of sp³-hybridized carbons (Fsp3) is 0.333. The van der Waals surface area contributed by atoms with Crippen LogP contribution in [-0.2, 0) is 0 Å². The van der Waals surface area contributed by atoms with Crippen LogP contribution in [0, 0.1) is 5.92 Å². The van der Waals surface area contributed by atoms with Crippen LogP contribution in [-0.4, -0.2) is 11.2 Å². The molecule has 20 heavy (non-hydrogen) atoms. The first kappa shape index (κ1) is 13.3. The van der Waals surface area contributed by atoms with Crippen molar-refractivity contribution in [1.29, 1.82) is 0 Å². The first-order chi connectivity index (χ1) is 9.75. The number of rotatable bonds is 2. The number of benzene rings is 2. The third kappa shape index (κ3) is 2.62. The van der Waals surface area contributed by atoms with Gasteiger partial charge in [-0.25, -0.2) is 0 Å². The molecule has 1 aliphatic heterocycles. The van der Waals surface area contributed by atoms with Crippen LogP contribution in [0.3, 0.4) is 0 Å². The van der Waals surface area contributed by atoms with E-state index in [-0.39, 0.29) is 24.1 Å². The average molecular weight is 267 g/mol. The number of piperidine rings is 1. The third-order valence-corrected chi connectivity index (χ3v) is 4.35. The summed E-state index contributed by atoms with van der Waals surface area (Å²) in [6, 6.07) is 21.2. The topological polar surface area (TPSA) is 32.3 Å². The van der Waals surface area contributed by atoms with Gasteiger partial charge in [0.1, 0.15) is 0 Å². The molecule has 1 fully saturated rings. The van der Waals surface area contributed by atoms with E-state index >= 15 is 0 Å². The molecule has 2 nitrogen and oxygen atoms in total. The lowest BCUT2D eigenvalue weighted by Crippen LogP contribution is -2.43. The molecule has 1 aliphatic rings. The molecule has 4 atom stereocenters. The summed E-state index contributed by atoms with van der Waals surface area (Å²) in [5.74, 6) is 0.220. The van der Waals surface area contributed by atoms with E-state index in [1.165, 1.54) is 11.1 Å². The first-order valence-corrected chi connectivity index (χ1v) is 7.29. The maximum Gasteiger partial charge on any atom is 0.0602 e. The third-order valence-electron chi connectivity index (χ3n) is 4.35. The van der Waals surface area contributed by atoms with Crippen molar-refractivity contribution in [3.05, 3.63) is 71.8 Å². The molecule has 0 unspecified atom stereocenters. The minimum Gasteiger partial charge on any atom is -0.393 e. The zero-order chi connectivity index (χ0) is 13.9. The highest BCUT2D eigenvalue weighted by atomic mass is 16.3. The minimum absolute atomic E-state index is 0.199. The Morgan fingerprint density at radius 3 is 2.05 bits per heavy atom. The Kier molecular flexibility index (Phi) is 3.86. The molecule has 0 aromatic heterocycles. The van der Waals surface area contributed by atoms with E-state index in [0.717, 1.165) is 6.42 Å². The molecule has 2 aromatic carbocycles. The Bertz CT molecular complexity index is 540. The van der Waals surface area contributed by atoms with E-state index in [1.807, 2.05) is 12.1 Å². The summed E-state index contributed by atoms with van der Waals surface area (Å²) >= 11 is 0. The number of nitrogens with one attached hydrogen (secondary N) is 1. The van der Waals surface area contributed by atoms with Crippen LogP contribution in [0.15, 0.2) is 60.7 Å². The van der Waals surface area contributed by atoms with Crippen molar-refractivity contribution in [3.8, 4) is 0 Å². The SMILES string of the molecule is C[C@@H]1[C@H](O)C[C@@H](c2ccccc2)N[C@H]1c1ccccc1. The van der Waals surface area contributed by atoms with E-state index in [4.69, 9.17) is 0 Å². The lowest BCUT2D eigenvalue weighted by Gasteiger charge is -2.39. The Hall–Kier alpha value is -1.64.